The highest BCUT2D eigenvalue weighted by molar-refractivity contribution is 5.93. The summed E-state index contributed by atoms with van der Waals surface area (Å²) in [6.45, 7) is 3.71. The van der Waals surface area contributed by atoms with Gasteiger partial charge in [0.25, 0.3) is 5.91 Å². The average Bonchev–Trinajstić information content (AvgIpc) is 2.55. The van der Waals surface area contributed by atoms with E-state index in [1.54, 1.807) is 12.3 Å². The highest BCUT2D eigenvalue weighted by atomic mass is 16.1. The van der Waals surface area contributed by atoms with E-state index in [1.807, 2.05) is 57.4 Å². The lowest BCUT2D eigenvalue weighted by Gasteiger charge is -2.15. The number of hydrogen-bond acceptors (Lipinski definition) is 4. The Morgan fingerprint density at radius 1 is 1.22 bits per heavy atom. The lowest BCUT2D eigenvalue weighted by molar-refractivity contribution is 0.0935. The van der Waals surface area contributed by atoms with E-state index >= 15 is 0 Å². The molecule has 2 N–H and O–H groups in total. The average molecular weight is 312 g/mol. The van der Waals surface area contributed by atoms with E-state index in [0.29, 0.717) is 5.69 Å². The molecule has 0 aliphatic rings. The van der Waals surface area contributed by atoms with Gasteiger partial charge < -0.3 is 15.5 Å². The van der Waals surface area contributed by atoms with Gasteiger partial charge in [0.1, 0.15) is 5.69 Å². The Bertz CT molecular complexity index is 628. The molecule has 0 spiro atoms. The molecule has 0 aliphatic heterocycles. The van der Waals surface area contributed by atoms with E-state index in [0.717, 1.165) is 24.3 Å². The van der Waals surface area contributed by atoms with Gasteiger partial charge in [-0.15, -0.1) is 0 Å². The third-order valence-corrected chi connectivity index (χ3v) is 3.53. The Hall–Kier alpha value is -2.40. The molecule has 0 saturated carbocycles. The zero-order valence-corrected chi connectivity index (χ0v) is 13.9. The molecule has 0 fully saturated rings. The van der Waals surface area contributed by atoms with Gasteiger partial charge in [0.05, 0.1) is 6.04 Å². The van der Waals surface area contributed by atoms with Crippen molar-refractivity contribution in [1.29, 1.82) is 0 Å². The van der Waals surface area contributed by atoms with Crippen LogP contribution in [0.3, 0.4) is 0 Å². The first-order chi connectivity index (χ1) is 11.1. The summed E-state index contributed by atoms with van der Waals surface area (Å²) >= 11 is 0. The molecule has 5 nitrogen and oxygen atoms in total. The van der Waals surface area contributed by atoms with Crippen molar-refractivity contribution in [3.63, 3.8) is 0 Å². The maximum atomic E-state index is 12.4. The molecule has 1 heterocycles. The second kappa shape index (κ2) is 8.29. The number of carbonyl (C=O) groups excluding carboxylic acids is 1. The van der Waals surface area contributed by atoms with Crippen molar-refractivity contribution in [2.45, 2.75) is 13.0 Å². The molecule has 0 aliphatic carbocycles. The number of carbonyl (C=O) groups is 1. The quantitative estimate of drug-likeness (QED) is 0.825. The van der Waals surface area contributed by atoms with E-state index in [1.165, 1.54) is 0 Å². The van der Waals surface area contributed by atoms with Crippen LogP contribution in [0.2, 0.25) is 0 Å². The highest BCUT2D eigenvalue weighted by Gasteiger charge is 2.12. The Morgan fingerprint density at radius 3 is 2.65 bits per heavy atom. The van der Waals surface area contributed by atoms with Gasteiger partial charge in [0.2, 0.25) is 0 Å². The second-order valence-electron chi connectivity index (χ2n) is 5.77. The summed E-state index contributed by atoms with van der Waals surface area (Å²) in [6, 6.07) is 13.5. The van der Waals surface area contributed by atoms with Crippen molar-refractivity contribution < 1.29 is 4.79 Å². The molecule has 1 aromatic heterocycles. The summed E-state index contributed by atoms with van der Waals surface area (Å²) in [6.07, 6.45) is 1.65. The number of nitrogens with zero attached hydrogens (tertiary/aromatic N) is 2. The Kier molecular flexibility index (Phi) is 6.11. The van der Waals surface area contributed by atoms with E-state index in [4.69, 9.17) is 0 Å². The fourth-order valence-electron chi connectivity index (χ4n) is 2.18. The van der Waals surface area contributed by atoms with Gasteiger partial charge in [-0.3, -0.25) is 9.78 Å². The van der Waals surface area contributed by atoms with Crippen LogP contribution >= 0.6 is 0 Å². The molecule has 1 amide bonds. The van der Waals surface area contributed by atoms with E-state index < -0.39 is 0 Å². The van der Waals surface area contributed by atoms with Gasteiger partial charge in [-0.25, -0.2) is 0 Å². The summed E-state index contributed by atoms with van der Waals surface area (Å²) in [5.41, 5.74) is 2.39. The van der Waals surface area contributed by atoms with Crippen molar-refractivity contribution in [1.82, 2.24) is 15.2 Å². The van der Waals surface area contributed by atoms with Gasteiger partial charge in [-0.05, 0) is 38.7 Å². The minimum atomic E-state index is -0.169. The molecule has 23 heavy (non-hydrogen) atoms. The van der Waals surface area contributed by atoms with Crippen LogP contribution in [-0.4, -0.2) is 43.0 Å². The maximum Gasteiger partial charge on any atom is 0.270 e. The van der Waals surface area contributed by atoms with Crippen LogP contribution in [0.5, 0.6) is 0 Å². The lowest BCUT2D eigenvalue weighted by Crippen LogP contribution is -2.27. The first-order valence-electron chi connectivity index (χ1n) is 7.76. The smallest absolute Gasteiger partial charge is 0.270 e. The van der Waals surface area contributed by atoms with Crippen LogP contribution in [-0.2, 0) is 0 Å². The molecule has 1 unspecified atom stereocenters. The first-order valence-corrected chi connectivity index (χ1v) is 7.76. The van der Waals surface area contributed by atoms with Crippen molar-refractivity contribution >= 4 is 11.6 Å². The summed E-state index contributed by atoms with van der Waals surface area (Å²) in [5.74, 6) is -0.169. The number of benzene rings is 1. The van der Waals surface area contributed by atoms with E-state index in [-0.39, 0.29) is 11.9 Å². The summed E-state index contributed by atoms with van der Waals surface area (Å²) in [7, 11) is 4.05. The Morgan fingerprint density at radius 2 is 1.96 bits per heavy atom. The Labute approximate surface area is 137 Å². The van der Waals surface area contributed by atoms with Crippen LogP contribution in [0.25, 0.3) is 0 Å². The maximum absolute atomic E-state index is 12.4. The van der Waals surface area contributed by atoms with Crippen LogP contribution in [0.15, 0.2) is 48.7 Å². The number of amides is 1. The first kappa shape index (κ1) is 17.0. The fourth-order valence-corrected chi connectivity index (χ4v) is 2.18. The number of aromatic nitrogens is 1. The molecular weight excluding hydrogens is 288 g/mol. The molecule has 0 radical (unpaired) electrons. The van der Waals surface area contributed by atoms with Crippen molar-refractivity contribution in [3.8, 4) is 0 Å². The zero-order valence-electron chi connectivity index (χ0n) is 13.9. The number of hydrogen-bond donors (Lipinski definition) is 2. The largest absolute Gasteiger partial charge is 0.384 e. The number of rotatable bonds is 7. The molecule has 2 aromatic rings. The SMILES string of the molecule is CC(NC(=O)c1cc(NCCN(C)C)ccn1)c1ccccc1. The summed E-state index contributed by atoms with van der Waals surface area (Å²) in [5, 5.41) is 6.27. The van der Waals surface area contributed by atoms with Crippen molar-refractivity contribution in [2.24, 2.45) is 0 Å². The van der Waals surface area contributed by atoms with Crippen LogP contribution in [0.4, 0.5) is 5.69 Å². The monoisotopic (exact) mass is 312 g/mol. The standard InChI is InChI=1S/C18H24N4O/c1-14(15-7-5-4-6-8-15)21-18(23)17-13-16(9-10-20-17)19-11-12-22(2)3/h4-10,13-14H,11-12H2,1-3H3,(H,19,20)(H,21,23). The third-order valence-electron chi connectivity index (χ3n) is 3.53. The van der Waals surface area contributed by atoms with Gasteiger partial charge in [0, 0.05) is 25.0 Å². The van der Waals surface area contributed by atoms with Gasteiger partial charge in [-0.1, -0.05) is 30.3 Å². The van der Waals surface area contributed by atoms with Gasteiger partial charge in [-0.2, -0.15) is 0 Å². The molecule has 1 atom stereocenters. The van der Waals surface area contributed by atoms with Crippen LogP contribution < -0.4 is 10.6 Å². The molecule has 0 saturated heterocycles. The van der Waals surface area contributed by atoms with Gasteiger partial charge in [0.15, 0.2) is 0 Å². The predicted molar refractivity (Wildman–Crippen MR) is 93.6 cm³/mol. The lowest BCUT2D eigenvalue weighted by atomic mass is 10.1. The fraction of sp³-hybridized carbons (Fsp3) is 0.333. The van der Waals surface area contributed by atoms with Gasteiger partial charge >= 0.3 is 0 Å². The minimum Gasteiger partial charge on any atom is -0.384 e. The van der Waals surface area contributed by atoms with E-state index in [2.05, 4.69) is 20.5 Å². The third kappa shape index (κ3) is 5.38. The van der Waals surface area contributed by atoms with Crippen LogP contribution in [0.1, 0.15) is 29.0 Å². The molecule has 5 heteroatoms. The van der Waals surface area contributed by atoms with Crippen molar-refractivity contribution in [3.05, 3.63) is 59.9 Å². The second-order valence-corrected chi connectivity index (χ2v) is 5.77. The van der Waals surface area contributed by atoms with Crippen LogP contribution in [0, 0.1) is 0 Å². The Balaban J connectivity index is 1.96. The summed E-state index contributed by atoms with van der Waals surface area (Å²) < 4.78 is 0. The highest BCUT2D eigenvalue weighted by Crippen LogP contribution is 2.13. The van der Waals surface area contributed by atoms with E-state index in [9.17, 15) is 4.79 Å². The molecule has 1 aromatic carbocycles. The molecular formula is C18H24N4O. The van der Waals surface area contributed by atoms with Crippen molar-refractivity contribution in [2.75, 3.05) is 32.5 Å². The molecule has 0 bridgehead atoms. The normalized spacial score (nSPS) is 12.0. The number of anilines is 1. The predicted octanol–water partition coefficient (Wildman–Crippen LogP) is 2.55. The minimum absolute atomic E-state index is 0.0594. The molecule has 2 rings (SSSR count). The number of likely N-dealkylation sites (N-methyl/N-ethyl adjacent to an activating group) is 1. The zero-order chi connectivity index (χ0) is 16.7. The topological polar surface area (TPSA) is 57.3 Å². The number of nitrogens with one attached hydrogen (secondary N) is 2. The molecule has 122 valence electrons. The summed E-state index contributed by atoms with van der Waals surface area (Å²) in [4.78, 5) is 18.6. The number of pyridine rings is 1.